The van der Waals surface area contributed by atoms with Crippen molar-refractivity contribution >= 4 is 32.4 Å². The number of rotatable bonds is 6. The minimum atomic E-state index is 0.810. The Hall–Kier alpha value is -2.27. The van der Waals surface area contributed by atoms with Crippen molar-refractivity contribution in [2.45, 2.75) is 20.3 Å². The van der Waals surface area contributed by atoms with Gasteiger partial charge in [-0.15, -0.1) is 0 Å². The molecule has 0 aliphatic rings. The Balaban J connectivity index is 2.02. The number of thiazole rings is 1. The predicted molar refractivity (Wildman–Crippen MR) is 96.4 cm³/mol. The fourth-order valence-corrected chi connectivity index (χ4v) is 3.81. The topological polar surface area (TPSA) is 54.1 Å². The highest BCUT2D eigenvalue weighted by Crippen LogP contribution is 2.34. The van der Waals surface area contributed by atoms with Gasteiger partial charge in [-0.05, 0) is 48.6 Å². The summed E-state index contributed by atoms with van der Waals surface area (Å²) >= 11 is 1.70. The second-order valence-corrected chi connectivity index (χ2v) is 6.42. The fraction of sp³-hybridized carbons (Fsp3) is 0.278. The van der Waals surface area contributed by atoms with Crippen LogP contribution in [0, 0.1) is 0 Å². The lowest BCUT2D eigenvalue weighted by atomic mass is 10.0. The maximum absolute atomic E-state index is 5.61. The number of benzene rings is 2. The summed E-state index contributed by atoms with van der Waals surface area (Å²) in [6.07, 6.45) is 0.810. The third-order valence-corrected chi connectivity index (χ3v) is 5.07. The lowest BCUT2D eigenvalue weighted by Gasteiger charge is -2.16. The van der Waals surface area contributed by atoms with Crippen molar-refractivity contribution in [2.75, 3.05) is 18.0 Å². The van der Waals surface area contributed by atoms with E-state index in [9.17, 15) is 0 Å². The summed E-state index contributed by atoms with van der Waals surface area (Å²) in [6, 6.07) is 14.5. The van der Waals surface area contributed by atoms with Crippen LogP contribution in [0.3, 0.4) is 0 Å². The van der Waals surface area contributed by atoms with E-state index in [1.165, 1.54) is 5.56 Å². The van der Waals surface area contributed by atoms with Crippen molar-refractivity contribution in [3.8, 4) is 0 Å². The van der Waals surface area contributed by atoms with E-state index >= 15 is 0 Å². The molecule has 0 radical (unpaired) electrons. The number of hydrogen-bond acceptors (Lipinski definition) is 4. The number of nitrogens with two attached hydrogens (primary N) is 1. The zero-order chi connectivity index (χ0) is 16.2. The summed E-state index contributed by atoms with van der Waals surface area (Å²) in [5.74, 6) is 0. The van der Waals surface area contributed by atoms with E-state index in [-0.39, 0.29) is 0 Å². The van der Waals surface area contributed by atoms with Gasteiger partial charge in [-0.1, -0.05) is 41.7 Å². The molecule has 118 valence electrons. The molecular weight excluding hydrogens is 304 g/mol. The first-order valence-corrected chi connectivity index (χ1v) is 8.70. The summed E-state index contributed by atoms with van der Waals surface area (Å²) in [5.41, 5.74) is 9.84. The molecule has 0 aliphatic heterocycles. The highest BCUT2D eigenvalue weighted by molar-refractivity contribution is 7.22. The van der Waals surface area contributed by atoms with Gasteiger partial charge in [-0.3, -0.25) is 0 Å². The molecule has 0 saturated heterocycles. The molecule has 0 aliphatic carbocycles. The Kier molecular flexibility index (Phi) is 4.67. The van der Waals surface area contributed by atoms with Crippen LogP contribution in [0.2, 0.25) is 0 Å². The largest absolute Gasteiger partial charge is 0.349 e. The molecule has 2 aromatic carbocycles. The summed E-state index contributed by atoms with van der Waals surface area (Å²) in [5, 5.41) is 5.04. The van der Waals surface area contributed by atoms with Crippen LogP contribution in [0.4, 0.5) is 10.8 Å². The van der Waals surface area contributed by atoms with Gasteiger partial charge >= 0.3 is 0 Å². The SMILES string of the molecule is CCN(CC)c1nc2cc(Cc3ccccc3)c(N=[NH2+])cc2s1. The van der Waals surface area contributed by atoms with Gasteiger partial charge in [0.25, 0.3) is 0 Å². The Morgan fingerprint density at radius 2 is 1.87 bits per heavy atom. The van der Waals surface area contributed by atoms with Crippen molar-refractivity contribution in [2.24, 2.45) is 5.11 Å². The van der Waals surface area contributed by atoms with Gasteiger partial charge in [0, 0.05) is 13.1 Å². The molecule has 3 rings (SSSR count). The third-order valence-electron chi connectivity index (χ3n) is 3.99. The van der Waals surface area contributed by atoms with Crippen LogP contribution < -0.4 is 10.4 Å². The molecule has 0 unspecified atom stereocenters. The van der Waals surface area contributed by atoms with E-state index < -0.39 is 0 Å². The van der Waals surface area contributed by atoms with Crippen LogP contribution in [0.5, 0.6) is 0 Å². The second-order valence-electron chi connectivity index (χ2n) is 5.41. The molecule has 3 aromatic rings. The number of anilines is 1. The lowest BCUT2D eigenvalue weighted by Crippen LogP contribution is -2.22. The first-order valence-electron chi connectivity index (χ1n) is 7.88. The molecule has 0 bridgehead atoms. The summed E-state index contributed by atoms with van der Waals surface area (Å²) in [7, 11) is 0. The standard InChI is InChI=1S/C18H20N4S/c1-3-22(4-2)18-20-16-11-14(10-13-8-6-5-7-9-13)15(21-19)12-17(16)23-18/h5-9,11-12,19H,3-4,10H2,1-2H3/p+1. The second kappa shape index (κ2) is 6.87. The molecule has 1 heterocycles. The quantitative estimate of drug-likeness (QED) is 0.704. The molecule has 0 saturated carbocycles. The Labute approximate surface area is 140 Å². The van der Waals surface area contributed by atoms with E-state index in [4.69, 9.17) is 10.5 Å². The van der Waals surface area contributed by atoms with Crippen molar-refractivity contribution < 1.29 is 5.53 Å². The van der Waals surface area contributed by atoms with E-state index in [0.29, 0.717) is 0 Å². The normalized spacial score (nSPS) is 10.9. The predicted octanol–water partition coefficient (Wildman–Crippen LogP) is 3.58. The smallest absolute Gasteiger partial charge is 0.186 e. The zero-order valence-electron chi connectivity index (χ0n) is 13.5. The van der Waals surface area contributed by atoms with Crippen molar-refractivity contribution in [3.63, 3.8) is 0 Å². The minimum absolute atomic E-state index is 0.810. The Morgan fingerprint density at radius 3 is 2.52 bits per heavy atom. The third kappa shape index (κ3) is 3.24. The Morgan fingerprint density at radius 1 is 1.13 bits per heavy atom. The first-order chi connectivity index (χ1) is 11.2. The van der Waals surface area contributed by atoms with Gasteiger partial charge in [0.15, 0.2) is 5.13 Å². The van der Waals surface area contributed by atoms with E-state index in [0.717, 1.165) is 46.1 Å². The zero-order valence-corrected chi connectivity index (χ0v) is 14.3. The monoisotopic (exact) mass is 325 g/mol. The van der Waals surface area contributed by atoms with Crippen LogP contribution in [-0.2, 0) is 6.42 Å². The number of nitrogens with zero attached hydrogens (tertiary/aromatic N) is 3. The van der Waals surface area contributed by atoms with Crippen molar-refractivity contribution in [3.05, 3.63) is 53.6 Å². The van der Waals surface area contributed by atoms with E-state index in [1.54, 1.807) is 11.3 Å². The summed E-state index contributed by atoms with van der Waals surface area (Å²) < 4.78 is 1.13. The van der Waals surface area contributed by atoms with Crippen LogP contribution in [0.25, 0.3) is 10.2 Å². The molecular formula is C18H21N4S+. The molecule has 0 spiro atoms. The molecule has 1 aromatic heterocycles. The number of aromatic nitrogens is 1. The molecule has 2 N–H and O–H groups in total. The lowest BCUT2D eigenvalue weighted by molar-refractivity contribution is -0.210. The molecule has 4 nitrogen and oxygen atoms in total. The van der Waals surface area contributed by atoms with Crippen molar-refractivity contribution in [1.29, 1.82) is 0 Å². The van der Waals surface area contributed by atoms with Crippen LogP contribution in [-0.4, -0.2) is 18.1 Å². The minimum Gasteiger partial charge on any atom is -0.349 e. The summed E-state index contributed by atoms with van der Waals surface area (Å²) in [4.78, 5) is 7.06. The molecule has 0 fully saturated rings. The van der Waals surface area contributed by atoms with Gasteiger partial charge in [0.2, 0.25) is 0 Å². The van der Waals surface area contributed by atoms with E-state index in [1.807, 2.05) is 6.07 Å². The highest BCUT2D eigenvalue weighted by atomic mass is 32.1. The average molecular weight is 325 g/mol. The van der Waals surface area contributed by atoms with Gasteiger partial charge in [0.05, 0.1) is 10.2 Å². The van der Waals surface area contributed by atoms with Gasteiger partial charge in [-0.2, -0.15) is 5.53 Å². The molecule has 23 heavy (non-hydrogen) atoms. The first kappa shape index (κ1) is 15.6. The van der Waals surface area contributed by atoms with Gasteiger partial charge in [-0.25, -0.2) is 4.98 Å². The molecule has 0 atom stereocenters. The summed E-state index contributed by atoms with van der Waals surface area (Å²) in [6.45, 7) is 6.22. The molecule has 0 amide bonds. The van der Waals surface area contributed by atoms with E-state index in [2.05, 4.69) is 60.3 Å². The Bertz CT molecular complexity index is 807. The highest BCUT2D eigenvalue weighted by Gasteiger charge is 2.13. The number of fused-ring (bicyclic) bond motifs is 1. The van der Waals surface area contributed by atoms with Crippen LogP contribution in [0.1, 0.15) is 25.0 Å². The van der Waals surface area contributed by atoms with Crippen LogP contribution >= 0.6 is 11.3 Å². The maximum atomic E-state index is 5.61. The fourth-order valence-electron chi connectivity index (χ4n) is 2.70. The van der Waals surface area contributed by atoms with Gasteiger partial charge < -0.3 is 4.90 Å². The van der Waals surface area contributed by atoms with Gasteiger partial charge in [0.1, 0.15) is 5.69 Å². The van der Waals surface area contributed by atoms with Crippen molar-refractivity contribution in [1.82, 2.24) is 4.98 Å². The number of hydrogen-bond donors (Lipinski definition) is 1. The average Bonchev–Trinajstić information content (AvgIpc) is 2.98. The maximum Gasteiger partial charge on any atom is 0.186 e. The van der Waals surface area contributed by atoms with Crippen LogP contribution in [0.15, 0.2) is 47.6 Å². The molecule has 5 heteroatoms.